The van der Waals surface area contributed by atoms with Crippen LogP contribution in [0.25, 0.3) is 55.7 Å². The molecular formula is C27H22FN7. The zero-order chi connectivity index (χ0) is 23.9. The van der Waals surface area contributed by atoms with Crippen LogP contribution in [-0.4, -0.2) is 36.2 Å². The number of H-pyrrole nitrogens is 2. The summed E-state index contributed by atoms with van der Waals surface area (Å²) in [6, 6.07) is 14.7. The van der Waals surface area contributed by atoms with Gasteiger partial charge in [-0.2, -0.15) is 5.10 Å². The molecule has 6 aromatic rings. The molecule has 3 N–H and O–H groups in total. The Kier molecular flexibility index (Phi) is 4.99. The molecule has 0 radical (unpaired) electrons. The summed E-state index contributed by atoms with van der Waals surface area (Å²) < 4.78 is 13.4. The molecule has 8 heteroatoms. The van der Waals surface area contributed by atoms with Crippen LogP contribution in [0.2, 0.25) is 0 Å². The monoisotopic (exact) mass is 463 g/mol. The van der Waals surface area contributed by atoms with E-state index in [1.165, 1.54) is 12.1 Å². The van der Waals surface area contributed by atoms with Gasteiger partial charge in [0.25, 0.3) is 0 Å². The summed E-state index contributed by atoms with van der Waals surface area (Å²) in [5.41, 5.74) is 8.48. The van der Waals surface area contributed by atoms with E-state index in [1.54, 1.807) is 24.5 Å². The fourth-order valence-corrected chi connectivity index (χ4v) is 4.28. The Morgan fingerprint density at radius 3 is 2.51 bits per heavy atom. The number of anilines is 1. The minimum atomic E-state index is -0.269. The standard InChI is InChI=1S/C27H22FN7/c1-15(2)31-19-9-17(11-29-12-19)22-7-8-23-26(33-22)27(35-34-23)24-10-20-21(13-30-14-25(20)32-24)16-3-5-18(28)6-4-16/h3-15,31-32H,1-2H3,(H,34,35). The molecule has 0 unspecified atom stereocenters. The van der Waals surface area contributed by atoms with Crippen molar-refractivity contribution in [1.82, 2.24) is 30.1 Å². The van der Waals surface area contributed by atoms with Gasteiger partial charge in [0, 0.05) is 41.1 Å². The normalized spacial score (nSPS) is 11.5. The number of nitrogens with one attached hydrogen (secondary N) is 3. The van der Waals surface area contributed by atoms with Crippen LogP contribution in [0.4, 0.5) is 10.1 Å². The second-order valence-corrected chi connectivity index (χ2v) is 8.76. The maximum Gasteiger partial charge on any atom is 0.135 e. The van der Waals surface area contributed by atoms with Gasteiger partial charge >= 0.3 is 0 Å². The largest absolute Gasteiger partial charge is 0.382 e. The molecule has 0 aliphatic carbocycles. The molecule has 7 nitrogen and oxygen atoms in total. The van der Waals surface area contributed by atoms with Gasteiger partial charge in [-0.15, -0.1) is 0 Å². The molecule has 6 rings (SSSR count). The molecule has 5 heterocycles. The number of nitrogens with zero attached hydrogens (tertiary/aromatic N) is 4. The van der Waals surface area contributed by atoms with Crippen molar-refractivity contribution in [1.29, 1.82) is 0 Å². The molecule has 0 bridgehead atoms. The first-order valence-corrected chi connectivity index (χ1v) is 11.4. The van der Waals surface area contributed by atoms with Gasteiger partial charge in [0.15, 0.2) is 0 Å². The fourth-order valence-electron chi connectivity index (χ4n) is 4.28. The Morgan fingerprint density at radius 1 is 0.857 bits per heavy atom. The van der Waals surface area contributed by atoms with Gasteiger partial charge in [-0.3, -0.25) is 15.1 Å². The SMILES string of the molecule is CC(C)Nc1cncc(-c2ccc3[nH]nc(-c4cc5c(-c6ccc(F)cc6)cncc5[nH]4)c3n2)c1. The van der Waals surface area contributed by atoms with Gasteiger partial charge in [0.2, 0.25) is 0 Å². The number of fused-ring (bicyclic) bond motifs is 2. The highest BCUT2D eigenvalue weighted by Crippen LogP contribution is 2.33. The molecule has 0 aliphatic heterocycles. The Labute approximate surface area is 200 Å². The van der Waals surface area contributed by atoms with Crippen LogP contribution >= 0.6 is 0 Å². The lowest BCUT2D eigenvalue weighted by atomic mass is 10.0. The molecule has 0 atom stereocenters. The molecular weight excluding hydrogens is 441 g/mol. The Balaban J connectivity index is 1.44. The topological polar surface area (TPSA) is 95.2 Å². The Hall–Kier alpha value is -4.59. The Bertz CT molecular complexity index is 1670. The van der Waals surface area contributed by atoms with E-state index in [0.29, 0.717) is 11.7 Å². The average Bonchev–Trinajstić information content (AvgIpc) is 3.48. The number of hydrogen-bond donors (Lipinski definition) is 3. The van der Waals surface area contributed by atoms with Gasteiger partial charge in [0.05, 0.1) is 34.3 Å². The average molecular weight is 464 g/mol. The number of benzene rings is 1. The van der Waals surface area contributed by atoms with Crippen molar-refractivity contribution in [2.24, 2.45) is 0 Å². The number of hydrogen-bond acceptors (Lipinski definition) is 5. The Morgan fingerprint density at radius 2 is 1.69 bits per heavy atom. The van der Waals surface area contributed by atoms with Crippen molar-refractivity contribution in [2.75, 3.05) is 5.32 Å². The van der Waals surface area contributed by atoms with Crippen molar-refractivity contribution in [3.8, 4) is 33.8 Å². The zero-order valence-corrected chi connectivity index (χ0v) is 19.2. The quantitative estimate of drug-likeness (QED) is 0.283. The van der Waals surface area contributed by atoms with Gasteiger partial charge in [0.1, 0.15) is 17.0 Å². The third kappa shape index (κ3) is 3.89. The van der Waals surface area contributed by atoms with Gasteiger partial charge < -0.3 is 10.3 Å². The molecule has 0 fully saturated rings. The number of rotatable bonds is 5. The molecule has 0 spiro atoms. The molecule has 172 valence electrons. The van der Waals surface area contributed by atoms with Crippen LogP contribution in [0, 0.1) is 5.82 Å². The number of halogens is 1. The van der Waals surface area contributed by atoms with Crippen LogP contribution in [0.3, 0.4) is 0 Å². The molecule has 0 aliphatic rings. The van der Waals surface area contributed by atoms with Gasteiger partial charge in [-0.05, 0) is 55.8 Å². The van der Waals surface area contributed by atoms with E-state index >= 15 is 0 Å². The summed E-state index contributed by atoms with van der Waals surface area (Å²) in [4.78, 5) is 17.1. The molecule has 0 saturated heterocycles. The van der Waals surface area contributed by atoms with Gasteiger partial charge in [-0.25, -0.2) is 9.37 Å². The third-order valence-electron chi connectivity index (χ3n) is 5.85. The second kappa shape index (κ2) is 8.32. The first-order valence-electron chi connectivity index (χ1n) is 11.4. The fraction of sp³-hybridized carbons (Fsp3) is 0.111. The smallest absolute Gasteiger partial charge is 0.135 e. The molecule has 0 amide bonds. The van der Waals surface area contributed by atoms with Crippen LogP contribution in [0.1, 0.15) is 13.8 Å². The zero-order valence-electron chi connectivity index (χ0n) is 19.2. The van der Waals surface area contributed by atoms with Crippen molar-refractivity contribution >= 4 is 27.6 Å². The molecule has 35 heavy (non-hydrogen) atoms. The van der Waals surface area contributed by atoms with E-state index in [0.717, 1.165) is 55.7 Å². The van der Waals surface area contributed by atoms with Crippen LogP contribution in [0.15, 0.2) is 73.3 Å². The minimum absolute atomic E-state index is 0.269. The lowest BCUT2D eigenvalue weighted by Gasteiger charge is -2.10. The molecule has 1 aromatic carbocycles. The van der Waals surface area contributed by atoms with E-state index in [9.17, 15) is 4.39 Å². The summed E-state index contributed by atoms with van der Waals surface area (Å²) in [7, 11) is 0. The molecule has 5 aromatic heterocycles. The lowest BCUT2D eigenvalue weighted by Crippen LogP contribution is -2.09. The van der Waals surface area contributed by atoms with Gasteiger partial charge in [-0.1, -0.05) is 12.1 Å². The lowest BCUT2D eigenvalue weighted by molar-refractivity contribution is 0.628. The van der Waals surface area contributed by atoms with Crippen LogP contribution < -0.4 is 5.32 Å². The van der Waals surface area contributed by atoms with Crippen molar-refractivity contribution in [2.45, 2.75) is 19.9 Å². The van der Waals surface area contributed by atoms with Crippen molar-refractivity contribution in [3.63, 3.8) is 0 Å². The number of aromatic nitrogens is 6. The summed E-state index contributed by atoms with van der Waals surface area (Å²) >= 11 is 0. The second-order valence-electron chi connectivity index (χ2n) is 8.76. The molecule has 0 saturated carbocycles. The number of pyridine rings is 3. The van der Waals surface area contributed by atoms with E-state index in [2.05, 4.69) is 44.3 Å². The van der Waals surface area contributed by atoms with Crippen LogP contribution in [-0.2, 0) is 0 Å². The summed E-state index contributed by atoms with van der Waals surface area (Å²) in [6.07, 6.45) is 7.18. The summed E-state index contributed by atoms with van der Waals surface area (Å²) in [5.74, 6) is -0.269. The van der Waals surface area contributed by atoms with Crippen molar-refractivity contribution in [3.05, 3.63) is 79.1 Å². The maximum atomic E-state index is 13.4. The third-order valence-corrected chi connectivity index (χ3v) is 5.85. The maximum absolute atomic E-state index is 13.4. The van der Waals surface area contributed by atoms with E-state index in [-0.39, 0.29) is 5.82 Å². The van der Waals surface area contributed by atoms with Crippen molar-refractivity contribution < 1.29 is 4.39 Å². The highest BCUT2D eigenvalue weighted by Gasteiger charge is 2.16. The highest BCUT2D eigenvalue weighted by atomic mass is 19.1. The first-order chi connectivity index (χ1) is 17.0. The van der Waals surface area contributed by atoms with E-state index in [1.807, 2.05) is 36.7 Å². The summed E-state index contributed by atoms with van der Waals surface area (Å²) in [5, 5.41) is 12.0. The van der Waals surface area contributed by atoms with Crippen LogP contribution in [0.5, 0.6) is 0 Å². The first kappa shape index (κ1) is 21.0. The predicted octanol–water partition coefficient (Wildman–Crippen LogP) is 6.19. The van der Waals surface area contributed by atoms with E-state index in [4.69, 9.17) is 4.98 Å². The van der Waals surface area contributed by atoms with E-state index < -0.39 is 0 Å². The summed E-state index contributed by atoms with van der Waals surface area (Å²) in [6.45, 7) is 4.18. The predicted molar refractivity (Wildman–Crippen MR) is 136 cm³/mol. The minimum Gasteiger partial charge on any atom is -0.382 e. The number of aromatic amines is 2. The highest BCUT2D eigenvalue weighted by molar-refractivity contribution is 6.00.